The topological polar surface area (TPSA) is 55.4 Å². The van der Waals surface area contributed by atoms with Crippen LogP contribution >= 0.6 is 0 Å². The van der Waals surface area contributed by atoms with Crippen LogP contribution in [-0.4, -0.2) is 40.1 Å². The second-order valence-electron chi connectivity index (χ2n) is 5.20. The van der Waals surface area contributed by atoms with Crippen molar-refractivity contribution in [3.05, 3.63) is 29.6 Å². The summed E-state index contributed by atoms with van der Waals surface area (Å²) in [6.07, 6.45) is 1.10. The van der Waals surface area contributed by atoms with E-state index in [1.165, 1.54) is 7.11 Å². The van der Waals surface area contributed by atoms with Gasteiger partial charge >= 0.3 is 0 Å². The summed E-state index contributed by atoms with van der Waals surface area (Å²) in [5, 5.41) is 3.12. The highest BCUT2D eigenvalue weighted by Crippen LogP contribution is 2.26. The summed E-state index contributed by atoms with van der Waals surface area (Å²) in [7, 11) is 0.293. The Morgan fingerprint density at radius 2 is 2.25 bits per heavy atom. The van der Waals surface area contributed by atoms with E-state index in [4.69, 9.17) is 4.74 Å². The molecule has 0 spiro atoms. The highest BCUT2D eigenvalue weighted by Gasteiger charge is 2.33. The first-order valence-electron chi connectivity index (χ1n) is 6.66. The van der Waals surface area contributed by atoms with Crippen molar-refractivity contribution in [3.63, 3.8) is 0 Å². The smallest absolute Gasteiger partial charge is 0.168 e. The maximum Gasteiger partial charge on any atom is 0.168 e. The number of hydrogen-bond acceptors (Lipinski definition) is 4. The molecule has 112 valence electrons. The molecule has 0 aromatic heterocycles. The summed E-state index contributed by atoms with van der Waals surface area (Å²) in [6.45, 7) is 0. The summed E-state index contributed by atoms with van der Waals surface area (Å²) >= 11 is 0. The molecule has 1 aromatic rings. The summed E-state index contributed by atoms with van der Waals surface area (Å²) < 4.78 is 42.2. The molecule has 0 aliphatic carbocycles. The van der Waals surface area contributed by atoms with Crippen molar-refractivity contribution in [3.8, 4) is 5.75 Å². The number of ether oxygens (including phenoxy) is 1. The first kappa shape index (κ1) is 15.3. The van der Waals surface area contributed by atoms with Crippen molar-refractivity contribution in [1.82, 2.24) is 5.32 Å². The van der Waals surface area contributed by atoms with Gasteiger partial charge in [-0.05, 0) is 37.4 Å². The quantitative estimate of drug-likeness (QED) is 0.893. The van der Waals surface area contributed by atoms with Gasteiger partial charge in [-0.1, -0.05) is 12.1 Å². The minimum absolute atomic E-state index is 0.0376. The summed E-state index contributed by atoms with van der Waals surface area (Å²) in [5.41, 5.74) is 0.549. The summed E-state index contributed by atoms with van der Waals surface area (Å²) in [4.78, 5) is 0. The Morgan fingerprint density at radius 3 is 2.80 bits per heavy atom. The van der Waals surface area contributed by atoms with Gasteiger partial charge in [-0.15, -0.1) is 0 Å². The van der Waals surface area contributed by atoms with Gasteiger partial charge in [-0.2, -0.15) is 0 Å². The Hall–Kier alpha value is -1.14. The van der Waals surface area contributed by atoms with Gasteiger partial charge in [0.25, 0.3) is 0 Å². The summed E-state index contributed by atoms with van der Waals surface area (Å²) in [5.74, 6) is 0.309. The molecular weight excluding hydrogens is 281 g/mol. The third kappa shape index (κ3) is 3.30. The molecule has 1 aliphatic heterocycles. The monoisotopic (exact) mass is 301 g/mol. The molecule has 2 atom stereocenters. The highest BCUT2D eigenvalue weighted by atomic mass is 32.2. The second-order valence-corrected chi connectivity index (χ2v) is 7.42. The van der Waals surface area contributed by atoms with E-state index in [1.807, 2.05) is 0 Å². The van der Waals surface area contributed by atoms with Crippen molar-refractivity contribution >= 4 is 9.84 Å². The Morgan fingerprint density at radius 1 is 1.50 bits per heavy atom. The molecule has 1 saturated heterocycles. The maximum atomic E-state index is 14.1. The van der Waals surface area contributed by atoms with Crippen LogP contribution < -0.4 is 10.1 Å². The zero-order valence-electron chi connectivity index (χ0n) is 11.7. The fourth-order valence-electron chi connectivity index (χ4n) is 2.75. The largest absolute Gasteiger partial charge is 0.494 e. The number of benzene rings is 1. The molecule has 1 aromatic carbocycles. The van der Waals surface area contributed by atoms with Crippen molar-refractivity contribution in [2.24, 2.45) is 5.92 Å². The van der Waals surface area contributed by atoms with Crippen LogP contribution in [0.1, 0.15) is 12.0 Å². The van der Waals surface area contributed by atoms with Crippen LogP contribution in [0.5, 0.6) is 5.75 Å². The molecule has 6 heteroatoms. The number of hydrogen-bond donors (Lipinski definition) is 1. The van der Waals surface area contributed by atoms with Gasteiger partial charge in [0, 0.05) is 6.04 Å². The Kier molecular flexibility index (Phi) is 4.65. The predicted molar refractivity (Wildman–Crippen MR) is 76.3 cm³/mol. The average molecular weight is 301 g/mol. The van der Waals surface area contributed by atoms with E-state index in [9.17, 15) is 12.8 Å². The minimum atomic E-state index is -2.92. The number of halogens is 1. The second kappa shape index (κ2) is 6.10. The van der Waals surface area contributed by atoms with Crippen LogP contribution in [0.2, 0.25) is 0 Å². The van der Waals surface area contributed by atoms with E-state index in [0.29, 0.717) is 18.4 Å². The first-order chi connectivity index (χ1) is 9.46. The highest BCUT2D eigenvalue weighted by molar-refractivity contribution is 7.91. The number of likely N-dealkylation sites (N-methyl/N-ethyl adjacent to an activating group) is 1. The normalized spacial score (nSPS) is 22.6. The molecule has 1 aliphatic rings. The van der Waals surface area contributed by atoms with Crippen molar-refractivity contribution < 1.29 is 17.5 Å². The lowest BCUT2D eigenvalue weighted by Gasteiger charge is -2.22. The van der Waals surface area contributed by atoms with E-state index in [-0.39, 0.29) is 35.0 Å². The molecule has 1 fully saturated rings. The van der Waals surface area contributed by atoms with E-state index in [1.54, 1.807) is 25.2 Å². The van der Waals surface area contributed by atoms with Gasteiger partial charge in [0.1, 0.15) is 0 Å². The molecular formula is C14H20FNO3S. The third-order valence-electron chi connectivity index (χ3n) is 3.91. The molecule has 20 heavy (non-hydrogen) atoms. The SMILES string of the molecule is CNC(Cc1cccc(OC)c1F)C1CCS(=O)(=O)C1. The molecule has 0 amide bonds. The van der Waals surface area contributed by atoms with Crippen LogP contribution in [0.4, 0.5) is 4.39 Å². The van der Waals surface area contributed by atoms with E-state index < -0.39 is 9.84 Å². The van der Waals surface area contributed by atoms with Gasteiger partial charge in [0.2, 0.25) is 0 Å². The number of nitrogens with one attached hydrogen (secondary N) is 1. The number of sulfone groups is 1. The van der Waals surface area contributed by atoms with Crippen LogP contribution in [0.15, 0.2) is 18.2 Å². The molecule has 2 unspecified atom stereocenters. The van der Waals surface area contributed by atoms with Crippen LogP contribution in [0.25, 0.3) is 0 Å². The molecule has 0 saturated carbocycles. The lowest BCUT2D eigenvalue weighted by Crippen LogP contribution is -2.36. The third-order valence-corrected chi connectivity index (χ3v) is 5.70. The fraction of sp³-hybridized carbons (Fsp3) is 0.571. The van der Waals surface area contributed by atoms with Crippen LogP contribution in [0.3, 0.4) is 0 Å². The van der Waals surface area contributed by atoms with Crippen molar-refractivity contribution in [2.45, 2.75) is 18.9 Å². The molecule has 4 nitrogen and oxygen atoms in total. The number of methoxy groups -OCH3 is 1. The van der Waals surface area contributed by atoms with Gasteiger partial charge < -0.3 is 10.1 Å². The first-order valence-corrected chi connectivity index (χ1v) is 8.48. The maximum absolute atomic E-state index is 14.1. The Bertz CT molecular complexity index is 574. The lowest BCUT2D eigenvalue weighted by atomic mass is 9.93. The van der Waals surface area contributed by atoms with Gasteiger partial charge in [-0.3, -0.25) is 0 Å². The molecule has 2 rings (SSSR count). The fourth-order valence-corrected chi connectivity index (χ4v) is 4.63. The van der Waals surface area contributed by atoms with Crippen molar-refractivity contribution in [2.75, 3.05) is 25.7 Å². The van der Waals surface area contributed by atoms with E-state index in [0.717, 1.165) is 0 Å². The summed E-state index contributed by atoms with van der Waals surface area (Å²) in [6, 6.07) is 4.99. The molecule has 0 bridgehead atoms. The average Bonchev–Trinajstić information content (AvgIpc) is 2.78. The standard InChI is InChI=1S/C14H20FNO3S/c1-16-12(11-6-7-20(17,18)9-11)8-10-4-3-5-13(19-2)14(10)15/h3-5,11-12,16H,6-9H2,1-2H3. The molecule has 1 N–H and O–H groups in total. The Balaban J connectivity index is 2.15. The molecule has 1 heterocycles. The Labute approximate surface area is 119 Å². The van der Waals surface area contributed by atoms with Gasteiger partial charge in [-0.25, -0.2) is 12.8 Å². The van der Waals surface area contributed by atoms with E-state index in [2.05, 4.69) is 5.32 Å². The van der Waals surface area contributed by atoms with Crippen LogP contribution in [-0.2, 0) is 16.3 Å². The zero-order chi connectivity index (χ0) is 14.8. The number of rotatable bonds is 5. The molecule has 0 radical (unpaired) electrons. The van der Waals surface area contributed by atoms with E-state index >= 15 is 0 Å². The predicted octanol–water partition coefficient (Wildman–Crippen LogP) is 1.40. The minimum Gasteiger partial charge on any atom is -0.494 e. The van der Waals surface area contributed by atoms with Crippen molar-refractivity contribution in [1.29, 1.82) is 0 Å². The van der Waals surface area contributed by atoms with Gasteiger partial charge in [0.15, 0.2) is 21.4 Å². The van der Waals surface area contributed by atoms with Crippen LogP contribution in [0, 0.1) is 11.7 Å². The van der Waals surface area contributed by atoms with Gasteiger partial charge in [0.05, 0.1) is 18.6 Å². The lowest BCUT2D eigenvalue weighted by molar-refractivity contribution is 0.373. The zero-order valence-corrected chi connectivity index (χ0v) is 12.5.